The van der Waals surface area contributed by atoms with Crippen LogP contribution < -0.4 is 4.90 Å². The van der Waals surface area contributed by atoms with Crippen molar-refractivity contribution in [1.29, 1.82) is 0 Å². The van der Waals surface area contributed by atoms with Crippen molar-refractivity contribution < 1.29 is 14.6 Å². The first kappa shape index (κ1) is 27.5. The summed E-state index contributed by atoms with van der Waals surface area (Å²) in [6.45, 7) is 6.05. The van der Waals surface area contributed by atoms with Crippen LogP contribution in [0.2, 0.25) is 5.02 Å². The van der Waals surface area contributed by atoms with Gasteiger partial charge in [-0.25, -0.2) is 9.78 Å². The third-order valence-corrected chi connectivity index (χ3v) is 8.50. The van der Waals surface area contributed by atoms with Gasteiger partial charge < -0.3 is 19.3 Å². The van der Waals surface area contributed by atoms with E-state index in [1.54, 1.807) is 12.1 Å². The third-order valence-electron chi connectivity index (χ3n) is 8.20. The molecular formula is C33H35ClN4O3. The minimum atomic E-state index is -0.925. The molecular weight excluding hydrogens is 536 g/mol. The Morgan fingerprint density at radius 2 is 2.02 bits per heavy atom. The smallest absolute Gasteiger partial charge is 0.335 e. The van der Waals surface area contributed by atoms with Crippen LogP contribution in [0.3, 0.4) is 0 Å². The molecule has 8 heteroatoms. The number of carboxylic acid groups (broad SMARTS) is 1. The lowest BCUT2D eigenvalue weighted by Gasteiger charge is -2.29. The van der Waals surface area contributed by atoms with Gasteiger partial charge in [0.15, 0.2) is 0 Å². The van der Waals surface area contributed by atoms with Gasteiger partial charge in [0.1, 0.15) is 5.82 Å². The number of hydrogen-bond donors (Lipinski definition) is 1. The first-order chi connectivity index (χ1) is 19.8. The molecule has 0 aliphatic carbocycles. The van der Waals surface area contributed by atoms with Gasteiger partial charge in [-0.15, -0.1) is 0 Å². The molecule has 2 aliphatic heterocycles. The molecule has 1 aromatic heterocycles. The molecule has 1 saturated heterocycles. The van der Waals surface area contributed by atoms with Crippen LogP contribution in [0.5, 0.6) is 0 Å². The predicted molar refractivity (Wildman–Crippen MR) is 163 cm³/mol. The monoisotopic (exact) mass is 570 g/mol. The van der Waals surface area contributed by atoms with Gasteiger partial charge in [-0.1, -0.05) is 41.4 Å². The highest BCUT2D eigenvalue weighted by Gasteiger charge is 2.24. The lowest BCUT2D eigenvalue weighted by molar-refractivity contribution is -0.0591. The van der Waals surface area contributed by atoms with E-state index in [9.17, 15) is 9.90 Å². The highest BCUT2D eigenvalue weighted by Crippen LogP contribution is 2.32. The zero-order chi connectivity index (χ0) is 28.5. The number of rotatable bonds is 9. The fourth-order valence-electron chi connectivity index (χ4n) is 5.68. The number of fused-ring (bicyclic) bond motifs is 1. The summed E-state index contributed by atoms with van der Waals surface area (Å²) in [5, 5.41) is 10.3. The van der Waals surface area contributed by atoms with Gasteiger partial charge in [-0.2, -0.15) is 0 Å². The van der Waals surface area contributed by atoms with E-state index in [2.05, 4.69) is 63.9 Å². The number of aryl methyl sites for hydroxylation is 1. The van der Waals surface area contributed by atoms with E-state index in [-0.39, 0.29) is 11.7 Å². The summed E-state index contributed by atoms with van der Waals surface area (Å²) in [5.74, 6) is 0.0336. The number of halogens is 1. The Kier molecular flexibility index (Phi) is 7.84. The molecule has 0 spiro atoms. The maximum atomic E-state index is 11.6. The zero-order valence-corrected chi connectivity index (χ0v) is 24.3. The molecule has 0 radical (unpaired) electrons. The molecule has 3 aromatic carbocycles. The lowest BCUT2D eigenvalue weighted by atomic mass is 9.99. The highest BCUT2D eigenvalue weighted by molar-refractivity contribution is 6.33. The van der Waals surface area contributed by atoms with E-state index in [0.29, 0.717) is 13.1 Å². The van der Waals surface area contributed by atoms with Gasteiger partial charge in [-0.05, 0) is 79.8 Å². The van der Waals surface area contributed by atoms with Crippen LogP contribution in [0, 0.1) is 6.92 Å². The Morgan fingerprint density at radius 1 is 1.17 bits per heavy atom. The Bertz CT molecular complexity index is 1620. The van der Waals surface area contributed by atoms with E-state index >= 15 is 0 Å². The Balaban J connectivity index is 1.14. The normalized spacial score (nSPS) is 17.3. The summed E-state index contributed by atoms with van der Waals surface area (Å²) >= 11 is 6.54. The quantitative estimate of drug-likeness (QED) is 0.228. The zero-order valence-electron chi connectivity index (χ0n) is 23.5. The van der Waals surface area contributed by atoms with Crippen LogP contribution in [0.15, 0.2) is 72.3 Å². The lowest BCUT2D eigenvalue weighted by Crippen LogP contribution is -2.34. The first-order valence-corrected chi connectivity index (χ1v) is 14.5. The molecule has 1 atom stereocenters. The Morgan fingerprint density at radius 3 is 2.73 bits per heavy atom. The second-order valence-electron chi connectivity index (χ2n) is 11.1. The minimum Gasteiger partial charge on any atom is -0.478 e. The van der Waals surface area contributed by atoms with Crippen molar-refractivity contribution in [2.45, 2.75) is 45.4 Å². The average molecular weight is 571 g/mol. The molecule has 41 heavy (non-hydrogen) atoms. The van der Waals surface area contributed by atoms with Crippen LogP contribution in [-0.4, -0.2) is 58.4 Å². The summed E-state index contributed by atoms with van der Waals surface area (Å²) in [6, 6.07) is 20.0. The van der Waals surface area contributed by atoms with E-state index in [0.717, 1.165) is 77.8 Å². The molecule has 0 bridgehead atoms. The van der Waals surface area contributed by atoms with Gasteiger partial charge in [0, 0.05) is 32.4 Å². The van der Waals surface area contributed by atoms with Gasteiger partial charge in [0.2, 0.25) is 0 Å². The fraction of sp³-hybridized carbons (Fsp3) is 0.333. The molecule has 3 heterocycles. The maximum Gasteiger partial charge on any atom is 0.335 e. The van der Waals surface area contributed by atoms with Crippen molar-refractivity contribution in [3.8, 4) is 0 Å². The number of carbonyl (C=O) groups is 1. The maximum absolute atomic E-state index is 11.6. The van der Waals surface area contributed by atoms with Crippen molar-refractivity contribution in [1.82, 2.24) is 14.5 Å². The number of anilines is 2. The molecule has 2 aliphatic rings. The molecule has 0 amide bonds. The SMILES string of the molecule is Cc1ccc(N(C)c2cccc(CC3=CCN(Cc4nc5ccc(C(=O)O)cc5n4C[C@@H]4CCO4)CC3)c2)c(Cl)c1. The van der Waals surface area contributed by atoms with Crippen molar-refractivity contribution in [3.05, 3.63) is 99.9 Å². The molecule has 212 valence electrons. The van der Waals surface area contributed by atoms with E-state index in [4.69, 9.17) is 21.3 Å². The number of hydrogen-bond acceptors (Lipinski definition) is 5. The standard InChI is InChI=1S/C33H35ClN4O3/c1-22-6-9-30(28(34)16-22)36(2)26-5-3-4-24(18-26)17-23-10-13-37(14-11-23)21-32-35-29-8-7-25(33(39)40)19-31(29)38(32)20-27-12-15-41-27/h3-10,16,18-19,27H,11-15,17,20-21H2,1-2H3,(H,39,40)/t27-/m0/s1. The summed E-state index contributed by atoms with van der Waals surface area (Å²) in [5.41, 5.74) is 7.96. The fourth-order valence-corrected chi connectivity index (χ4v) is 6.04. The molecule has 1 fully saturated rings. The number of imidazole rings is 1. The van der Waals surface area contributed by atoms with E-state index in [1.807, 2.05) is 19.1 Å². The summed E-state index contributed by atoms with van der Waals surface area (Å²) in [6.07, 6.45) is 5.44. The van der Waals surface area contributed by atoms with Crippen LogP contribution in [-0.2, 0) is 24.2 Å². The van der Waals surface area contributed by atoms with E-state index in [1.165, 1.54) is 11.1 Å². The number of ether oxygens (including phenoxy) is 1. The van der Waals surface area contributed by atoms with Crippen LogP contribution >= 0.6 is 11.6 Å². The largest absolute Gasteiger partial charge is 0.478 e. The summed E-state index contributed by atoms with van der Waals surface area (Å²) < 4.78 is 7.87. The Labute approximate surface area is 245 Å². The molecule has 4 aromatic rings. The van der Waals surface area contributed by atoms with Crippen molar-refractivity contribution in [3.63, 3.8) is 0 Å². The summed E-state index contributed by atoms with van der Waals surface area (Å²) in [4.78, 5) is 21.0. The van der Waals surface area contributed by atoms with Crippen molar-refractivity contribution in [2.24, 2.45) is 0 Å². The molecule has 7 nitrogen and oxygen atoms in total. The second-order valence-corrected chi connectivity index (χ2v) is 11.5. The van der Waals surface area contributed by atoms with Crippen LogP contribution in [0.25, 0.3) is 11.0 Å². The molecule has 0 saturated carbocycles. The number of benzene rings is 3. The minimum absolute atomic E-state index is 0.157. The van der Waals surface area contributed by atoms with Crippen LogP contribution in [0.4, 0.5) is 11.4 Å². The number of aromatic carboxylic acids is 1. The molecule has 1 N–H and O–H groups in total. The first-order valence-electron chi connectivity index (χ1n) is 14.2. The van der Waals surface area contributed by atoms with Crippen LogP contribution in [0.1, 0.15) is 40.2 Å². The van der Waals surface area contributed by atoms with Crippen molar-refractivity contribution in [2.75, 3.05) is 31.6 Å². The number of nitrogens with zero attached hydrogens (tertiary/aromatic N) is 4. The van der Waals surface area contributed by atoms with Gasteiger partial charge in [0.05, 0.1) is 46.5 Å². The van der Waals surface area contributed by atoms with Gasteiger partial charge >= 0.3 is 5.97 Å². The predicted octanol–water partition coefficient (Wildman–Crippen LogP) is 6.63. The number of aromatic nitrogens is 2. The highest BCUT2D eigenvalue weighted by atomic mass is 35.5. The van der Waals surface area contributed by atoms with E-state index < -0.39 is 5.97 Å². The molecule has 6 rings (SSSR count). The molecule has 0 unspecified atom stereocenters. The summed E-state index contributed by atoms with van der Waals surface area (Å²) in [7, 11) is 2.06. The topological polar surface area (TPSA) is 70.8 Å². The van der Waals surface area contributed by atoms with Crippen molar-refractivity contribution >= 4 is 40.0 Å². The second kappa shape index (κ2) is 11.7. The Hall–Kier alpha value is -3.65. The third kappa shape index (κ3) is 6.03. The van der Waals surface area contributed by atoms with Gasteiger partial charge in [0.25, 0.3) is 0 Å². The number of carboxylic acids is 1. The van der Waals surface area contributed by atoms with Gasteiger partial charge in [-0.3, -0.25) is 4.90 Å². The average Bonchev–Trinajstić information content (AvgIpc) is 3.27.